The molecule has 0 bridgehead atoms. The Morgan fingerprint density at radius 1 is 1.19 bits per heavy atom. The summed E-state index contributed by atoms with van der Waals surface area (Å²) in [4.78, 5) is 25.0. The van der Waals surface area contributed by atoms with Crippen LogP contribution in [0.3, 0.4) is 0 Å². The number of allylic oxidation sites excluding steroid dienone is 1. The molecule has 0 amide bonds. The fourth-order valence-corrected chi connectivity index (χ4v) is 1.30. The first-order chi connectivity index (χ1) is 7.52. The number of hydrogen-bond donors (Lipinski definition) is 0. The third kappa shape index (κ3) is 3.96. The van der Waals surface area contributed by atoms with Gasteiger partial charge in [-0.05, 0) is 32.2 Å². The van der Waals surface area contributed by atoms with Gasteiger partial charge in [-0.25, -0.2) is 0 Å². The number of rotatable bonds is 6. The zero-order chi connectivity index (χ0) is 12.6. The zero-order valence-corrected chi connectivity index (χ0v) is 11.4. The van der Waals surface area contributed by atoms with Gasteiger partial charge in [0.15, 0.2) is 5.41 Å². The van der Waals surface area contributed by atoms with Crippen molar-refractivity contribution in [2.24, 2.45) is 5.41 Å². The lowest BCUT2D eigenvalue weighted by atomic mass is 9.87. The van der Waals surface area contributed by atoms with Gasteiger partial charge >= 0.3 is 11.9 Å². The second kappa shape index (κ2) is 7.44. The van der Waals surface area contributed by atoms with E-state index in [4.69, 9.17) is 9.47 Å². The highest BCUT2D eigenvalue weighted by molar-refractivity contribution is 9.11. The Morgan fingerprint density at radius 2 is 1.62 bits per heavy atom. The molecule has 0 unspecified atom stereocenters. The number of esters is 2. The minimum absolute atomic E-state index is 0.242. The first-order valence-electron chi connectivity index (χ1n) is 5.12. The van der Waals surface area contributed by atoms with E-state index in [1.807, 2.05) is 0 Å². The first-order valence-corrected chi connectivity index (χ1v) is 6.04. The lowest BCUT2D eigenvalue weighted by Crippen LogP contribution is -2.39. The topological polar surface area (TPSA) is 52.6 Å². The fraction of sp³-hybridized carbons (Fsp3) is 0.636. The summed E-state index contributed by atoms with van der Waals surface area (Å²) in [5.74, 6) is -1.11. The van der Waals surface area contributed by atoms with Crippen LogP contribution in [0, 0.1) is 5.41 Å². The van der Waals surface area contributed by atoms with Gasteiger partial charge in [-0.2, -0.15) is 0 Å². The van der Waals surface area contributed by atoms with E-state index in [-0.39, 0.29) is 19.6 Å². The summed E-state index contributed by atoms with van der Waals surface area (Å²) in [7, 11) is 0. The average molecular weight is 293 g/mol. The van der Waals surface area contributed by atoms with Crippen molar-refractivity contribution in [3.05, 3.63) is 11.1 Å². The van der Waals surface area contributed by atoms with Crippen LogP contribution in [0.1, 0.15) is 27.2 Å². The maximum absolute atomic E-state index is 11.7. The Bertz CT molecular complexity index is 255. The van der Waals surface area contributed by atoms with Gasteiger partial charge in [-0.15, -0.1) is 0 Å². The summed E-state index contributed by atoms with van der Waals surface area (Å²) in [5, 5.41) is 0. The molecule has 0 aliphatic carbocycles. The molecule has 0 spiro atoms. The molecule has 0 rings (SSSR count). The molecule has 0 aliphatic heterocycles. The Balaban J connectivity index is 4.85. The highest BCUT2D eigenvalue weighted by atomic mass is 79.9. The smallest absolute Gasteiger partial charge is 0.323 e. The van der Waals surface area contributed by atoms with Gasteiger partial charge in [0.2, 0.25) is 0 Å². The number of carbonyl (C=O) groups is 2. The van der Waals surface area contributed by atoms with E-state index in [0.717, 1.165) is 0 Å². The van der Waals surface area contributed by atoms with Crippen LogP contribution in [-0.2, 0) is 19.1 Å². The maximum atomic E-state index is 11.7. The van der Waals surface area contributed by atoms with Gasteiger partial charge in [-0.3, -0.25) is 9.59 Å². The lowest BCUT2D eigenvalue weighted by Gasteiger charge is -2.23. The van der Waals surface area contributed by atoms with Gasteiger partial charge in [0.1, 0.15) is 0 Å². The van der Waals surface area contributed by atoms with Crippen molar-refractivity contribution < 1.29 is 19.1 Å². The Morgan fingerprint density at radius 3 is 1.94 bits per heavy atom. The molecular formula is C11H17BrO4. The van der Waals surface area contributed by atoms with E-state index >= 15 is 0 Å². The molecule has 0 saturated carbocycles. The van der Waals surface area contributed by atoms with E-state index in [1.165, 1.54) is 6.92 Å². The monoisotopic (exact) mass is 292 g/mol. The highest BCUT2D eigenvalue weighted by Gasteiger charge is 2.43. The van der Waals surface area contributed by atoms with Gasteiger partial charge in [0, 0.05) is 0 Å². The number of carbonyl (C=O) groups excluding carboxylic acids is 2. The van der Waals surface area contributed by atoms with Crippen molar-refractivity contribution >= 4 is 27.9 Å². The summed E-state index contributed by atoms with van der Waals surface area (Å²) < 4.78 is 9.77. The zero-order valence-electron chi connectivity index (χ0n) is 9.79. The van der Waals surface area contributed by atoms with Crippen molar-refractivity contribution in [2.45, 2.75) is 27.2 Å². The third-order valence-corrected chi connectivity index (χ3v) is 2.44. The third-order valence-electron chi connectivity index (χ3n) is 2.07. The van der Waals surface area contributed by atoms with E-state index in [1.54, 1.807) is 24.9 Å². The molecule has 0 atom stereocenters. The predicted octanol–water partition coefficient (Wildman–Crippen LogP) is 2.42. The van der Waals surface area contributed by atoms with Crippen molar-refractivity contribution in [1.29, 1.82) is 0 Å². The van der Waals surface area contributed by atoms with Crippen molar-refractivity contribution in [1.82, 2.24) is 0 Å². The molecule has 0 aromatic rings. The molecule has 92 valence electrons. The van der Waals surface area contributed by atoms with Crippen LogP contribution >= 0.6 is 15.9 Å². The summed E-state index contributed by atoms with van der Waals surface area (Å²) in [6, 6.07) is 0. The maximum Gasteiger partial charge on any atom is 0.323 e. The van der Waals surface area contributed by atoms with Crippen LogP contribution in [0.2, 0.25) is 0 Å². The standard InChI is InChI=1S/C11H17BrO4/c1-4-15-9(13)11(3,7-6-8-12)10(14)16-5-2/h6,8H,4-5,7H2,1-3H3/b8-6-. The highest BCUT2D eigenvalue weighted by Crippen LogP contribution is 2.26. The molecule has 0 aromatic carbocycles. The molecule has 4 nitrogen and oxygen atoms in total. The largest absolute Gasteiger partial charge is 0.465 e. The molecule has 0 heterocycles. The van der Waals surface area contributed by atoms with Gasteiger partial charge in [-0.1, -0.05) is 22.0 Å². The van der Waals surface area contributed by atoms with Crippen LogP contribution < -0.4 is 0 Å². The summed E-state index contributed by atoms with van der Waals surface area (Å²) in [6.45, 7) is 5.40. The van der Waals surface area contributed by atoms with Crippen LogP contribution in [0.25, 0.3) is 0 Å². The molecule has 0 fully saturated rings. The normalized spacial score (nSPS) is 11.5. The average Bonchev–Trinajstić information content (AvgIpc) is 2.26. The van der Waals surface area contributed by atoms with Crippen LogP contribution in [-0.4, -0.2) is 25.2 Å². The molecule has 0 radical (unpaired) electrons. The molecule has 16 heavy (non-hydrogen) atoms. The van der Waals surface area contributed by atoms with Crippen molar-refractivity contribution in [3.63, 3.8) is 0 Å². The predicted molar refractivity (Wildman–Crippen MR) is 64.1 cm³/mol. The van der Waals surface area contributed by atoms with E-state index in [0.29, 0.717) is 0 Å². The number of halogens is 1. The molecule has 0 N–H and O–H groups in total. The number of ether oxygens (including phenoxy) is 2. The summed E-state index contributed by atoms with van der Waals surface area (Å²) in [5.41, 5.74) is -1.27. The molecule has 0 saturated heterocycles. The number of hydrogen-bond acceptors (Lipinski definition) is 4. The Hall–Kier alpha value is -0.840. The van der Waals surface area contributed by atoms with Crippen LogP contribution in [0.5, 0.6) is 0 Å². The van der Waals surface area contributed by atoms with E-state index in [9.17, 15) is 9.59 Å². The first kappa shape index (κ1) is 15.2. The quantitative estimate of drug-likeness (QED) is 0.557. The van der Waals surface area contributed by atoms with E-state index in [2.05, 4.69) is 15.9 Å². The second-order valence-corrected chi connectivity index (χ2v) is 3.87. The lowest BCUT2D eigenvalue weighted by molar-refractivity contribution is -0.170. The van der Waals surface area contributed by atoms with Gasteiger partial charge in [0.25, 0.3) is 0 Å². The van der Waals surface area contributed by atoms with Crippen molar-refractivity contribution in [3.8, 4) is 0 Å². The Kier molecular flexibility index (Phi) is 7.05. The van der Waals surface area contributed by atoms with Gasteiger partial charge < -0.3 is 9.47 Å². The molecular weight excluding hydrogens is 276 g/mol. The summed E-state index contributed by atoms with van der Waals surface area (Å²) in [6.07, 6.45) is 1.92. The van der Waals surface area contributed by atoms with Crippen molar-refractivity contribution in [2.75, 3.05) is 13.2 Å². The SMILES string of the molecule is CCOC(=O)C(C)(C/C=C\Br)C(=O)OCC. The van der Waals surface area contributed by atoms with Gasteiger partial charge in [0.05, 0.1) is 13.2 Å². The Labute approximate surface area is 104 Å². The summed E-state index contributed by atoms with van der Waals surface area (Å²) >= 11 is 3.09. The van der Waals surface area contributed by atoms with E-state index < -0.39 is 17.4 Å². The second-order valence-electron chi connectivity index (χ2n) is 3.34. The van der Waals surface area contributed by atoms with Crippen LogP contribution in [0.4, 0.5) is 0 Å². The molecule has 0 aromatic heterocycles. The molecule has 0 aliphatic rings. The van der Waals surface area contributed by atoms with Crippen LogP contribution in [0.15, 0.2) is 11.1 Å². The minimum atomic E-state index is -1.27. The minimum Gasteiger partial charge on any atom is -0.465 e. The molecule has 5 heteroatoms. The fourth-order valence-electron chi connectivity index (χ4n) is 1.11.